The fourth-order valence-corrected chi connectivity index (χ4v) is 1.63. The third-order valence-corrected chi connectivity index (χ3v) is 2.66. The number of rotatable bonds is 6. The van der Waals surface area contributed by atoms with Gasteiger partial charge >= 0.3 is 5.97 Å². The summed E-state index contributed by atoms with van der Waals surface area (Å²) >= 11 is 5.70. The lowest BCUT2D eigenvalue weighted by molar-refractivity contribution is -0.384. The van der Waals surface area contributed by atoms with Crippen molar-refractivity contribution in [2.45, 2.75) is 26.2 Å². The topological polar surface area (TPSA) is 69.4 Å². The molecule has 0 aliphatic rings. The lowest BCUT2D eigenvalue weighted by Crippen LogP contribution is -2.06. The molecule has 0 radical (unpaired) electrons. The number of hydrogen-bond acceptors (Lipinski definition) is 4. The first-order valence-electron chi connectivity index (χ1n) is 5.67. The molecule has 0 spiro atoms. The van der Waals surface area contributed by atoms with Gasteiger partial charge in [0.05, 0.1) is 17.1 Å². The second-order valence-corrected chi connectivity index (χ2v) is 4.17. The van der Waals surface area contributed by atoms with Crippen molar-refractivity contribution in [2.24, 2.45) is 0 Å². The van der Waals surface area contributed by atoms with Gasteiger partial charge in [0.2, 0.25) is 0 Å². The van der Waals surface area contributed by atoms with Crippen molar-refractivity contribution >= 4 is 23.3 Å². The smallest absolute Gasteiger partial charge is 0.338 e. The molecule has 0 aromatic heterocycles. The third kappa shape index (κ3) is 4.00. The zero-order valence-electron chi connectivity index (χ0n) is 10.0. The van der Waals surface area contributed by atoms with Crippen molar-refractivity contribution < 1.29 is 14.5 Å². The molecule has 0 saturated carbocycles. The van der Waals surface area contributed by atoms with Crippen molar-refractivity contribution in [3.05, 3.63) is 38.9 Å². The highest BCUT2D eigenvalue weighted by Gasteiger charge is 2.15. The van der Waals surface area contributed by atoms with E-state index in [4.69, 9.17) is 16.3 Å². The quantitative estimate of drug-likeness (QED) is 0.343. The van der Waals surface area contributed by atoms with Gasteiger partial charge in [-0.1, -0.05) is 31.4 Å². The average Bonchev–Trinajstić information content (AvgIpc) is 2.33. The summed E-state index contributed by atoms with van der Waals surface area (Å²) in [6.07, 6.45) is 2.85. The highest BCUT2D eigenvalue weighted by molar-refractivity contribution is 6.33. The van der Waals surface area contributed by atoms with Gasteiger partial charge in [0.25, 0.3) is 5.69 Å². The maximum atomic E-state index is 11.6. The van der Waals surface area contributed by atoms with Gasteiger partial charge < -0.3 is 4.74 Å². The zero-order chi connectivity index (χ0) is 13.5. The number of ether oxygens (including phenoxy) is 1. The summed E-state index contributed by atoms with van der Waals surface area (Å²) in [7, 11) is 0. The number of nitro groups is 1. The molecule has 0 heterocycles. The van der Waals surface area contributed by atoms with E-state index in [-0.39, 0.29) is 16.3 Å². The number of unbranched alkanes of at least 4 members (excludes halogenated alkanes) is 2. The predicted molar refractivity (Wildman–Crippen MR) is 67.9 cm³/mol. The number of benzene rings is 1. The van der Waals surface area contributed by atoms with E-state index >= 15 is 0 Å². The van der Waals surface area contributed by atoms with E-state index in [2.05, 4.69) is 6.92 Å². The summed E-state index contributed by atoms with van der Waals surface area (Å²) in [4.78, 5) is 21.5. The summed E-state index contributed by atoms with van der Waals surface area (Å²) in [6, 6.07) is 3.79. The molecule has 6 heteroatoms. The first-order chi connectivity index (χ1) is 8.56. The van der Waals surface area contributed by atoms with Gasteiger partial charge in [-0.25, -0.2) is 4.79 Å². The number of halogens is 1. The Balaban J connectivity index is 2.64. The second kappa shape index (κ2) is 6.96. The fraction of sp³-hybridized carbons (Fsp3) is 0.417. The molecule has 0 aliphatic heterocycles. The molecule has 0 saturated heterocycles. The molecule has 0 N–H and O–H groups in total. The van der Waals surface area contributed by atoms with Crippen LogP contribution >= 0.6 is 11.6 Å². The van der Waals surface area contributed by atoms with Crippen molar-refractivity contribution in [3.63, 3.8) is 0 Å². The molecule has 1 rings (SSSR count). The maximum Gasteiger partial charge on any atom is 0.338 e. The number of hydrogen-bond donors (Lipinski definition) is 0. The SMILES string of the molecule is CCCCCOC(=O)c1ccc([N+](=O)[O-])c(Cl)c1. The molecule has 1 aromatic rings. The molecule has 0 aliphatic carbocycles. The Labute approximate surface area is 110 Å². The van der Waals surface area contributed by atoms with Crippen LogP contribution in [0, 0.1) is 10.1 Å². The molecule has 1 aromatic carbocycles. The Morgan fingerprint density at radius 1 is 1.44 bits per heavy atom. The maximum absolute atomic E-state index is 11.6. The van der Waals surface area contributed by atoms with Crippen LogP contribution in [-0.4, -0.2) is 17.5 Å². The van der Waals surface area contributed by atoms with Crippen LogP contribution in [0.1, 0.15) is 36.5 Å². The Morgan fingerprint density at radius 2 is 2.17 bits per heavy atom. The van der Waals surface area contributed by atoms with E-state index in [1.54, 1.807) is 0 Å². The van der Waals surface area contributed by atoms with Crippen LogP contribution in [0.4, 0.5) is 5.69 Å². The Morgan fingerprint density at radius 3 is 2.72 bits per heavy atom. The van der Waals surface area contributed by atoms with Gasteiger partial charge in [-0.3, -0.25) is 10.1 Å². The van der Waals surface area contributed by atoms with Gasteiger partial charge in [0.1, 0.15) is 5.02 Å². The third-order valence-electron chi connectivity index (χ3n) is 2.36. The Kier molecular flexibility index (Phi) is 5.58. The minimum Gasteiger partial charge on any atom is -0.462 e. The van der Waals surface area contributed by atoms with Crippen LogP contribution in [0.3, 0.4) is 0 Å². The zero-order valence-corrected chi connectivity index (χ0v) is 10.8. The molecule has 0 atom stereocenters. The lowest BCUT2D eigenvalue weighted by Gasteiger charge is -2.04. The highest BCUT2D eigenvalue weighted by Crippen LogP contribution is 2.25. The van der Waals surface area contributed by atoms with Crippen LogP contribution in [0.2, 0.25) is 5.02 Å². The van der Waals surface area contributed by atoms with E-state index in [9.17, 15) is 14.9 Å². The van der Waals surface area contributed by atoms with Gasteiger partial charge in [-0.05, 0) is 18.6 Å². The van der Waals surface area contributed by atoms with Crippen LogP contribution in [0.25, 0.3) is 0 Å². The average molecular weight is 272 g/mol. The lowest BCUT2D eigenvalue weighted by atomic mass is 10.2. The number of carbonyl (C=O) groups is 1. The molecule has 0 unspecified atom stereocenters. The van der Waals surface area contributed by atoms with Gasteiger partial charge in [0.15, 0.2) is 0 Å². The van der Waals surface area contributed by atoms with Crippen molar-refractivity contribution in [2.75, 3.05) is 6.61 Å². The number of nitro benzene ring substituents is 1. The van der Waals surface area contributed by atoms with Crippen LogP contribution in [0.15, 0.2) is 18.2 Å². The first kappa shape index (κ1) is 14.4. The van der Waals surface area contributed by atoms with Crippen molar-refractivity contribution in [3.8, 4) is 0 Å². The highest BCUT2D eigenvalue weighted by atomic mass is 35.5. The standard InChI is InChI=1S/C12H14ClNO4/c1-2-3-4-7-18-12(15)9-5-6-11(14(16)17)10(13)8-9/h5-6,8H,2-4,7H2,1H3. The monoisotopic (exact) mass is 271 g/mol. The summed E-state index contributed by atoms with van der Waals surface area (Å²) in [6.45, 7) is 2.40. The Bertz CT molecular complexity index is 448. The minimum atomic E-state index is -0.599. The van der Waals surface area contributed by atoms with Gasteiger partial charge in [-0.2, -0.15) is 0 Å². The van der Waals surface area contributed by atoms with E-state index in [1.165, 1.54) is 18.2 Å². The molecule has 0 fully saturated rings. The normalized spacial score (nSPS) is 10.1. The van der Waals surface area contributed by atoms with Crippen LogP contribution < -0.4 is 0 Å². The fourth-order valence-electron chi connectivity index (χ4n) is 1.38. The van der Waals surface area contributed by atoms with Gasteiger partial charge in [-0.15, -0.1) is 0 Å². The largest absolute Gasteiger partial charge is 0.462 e. The van der Waals surface area contributed by atoms with Crippen molar-refractivity contribution in [1.82, 2.24) is 0 Å². The second-order valence-electron chi connectivity index (χ2n) is 3.77. The first-order valence-corrected chi connectivity index (χ1v) is 6.05. The Hall–Kier alpha value is -1.62. The summed E-state index contributed by atoms with van der Waals surface area (Å²) < 4.78 is 5.02. The number of carbonyl (C=O) groups excluding carboxylic acids is 1. The minimum absolute atomic E-state index is 0.0667. The van der Waals surface area contributed by atoms with Gasteiger partial charge in [0, 0.05) is 6.07 Å². The summed E-state index contributed by atoms with van der Waals surface area (Å²) in [5.41, 5.74) is 0.00120. The molecular weight excluding hydrogens is 258 g/mol. The number of nitrogens with zero attached hydrogens (tertiary/aromatic N) is 1. The predicted octanol–water partition coefficient (Wildman–Crippen LogP) is 3.60. The molecular formula is C12H14ClNO4. The number of esters is 1. The van der Waals surface area contributed by atoms with Crippen LogP contribution in [-0.2, 0) is 4.74 Å². The van der Waals surface area contributed by atoms with E-state index in [0.29, 0.717) is 6.61 Å². The summed E-state index contributed by atoms with van der Waals surface area (Å²) in [5.74, 6) is -0.511. The van der Waals surface area contributed by atoms with Crippen molar-refractivity contribution in [1.29, 1.82) is 0 Å². The van der Waals surface area contributed by atoms with E-state index in [1.807, 2.05) is 0 Å². The molecule has 98 valence electrons. The van der Waals surface area contributed by atoms with E-state index in [0.717, 1.165) is 19.3 Å². The summed E-state index contributed by atoms with van der Waals surface area (Å²) in [5, 5.41) is 10.5. The van der Waals surface area contributed by atoms with Crippen LogP contribution in [0.5, 0.6) is 0 Å². The molecule has 0 amide bonds. The molecule has 5 nitrogen and oxygen atoms in total. The molecule has 18 heavy (non-hydrogen) atoms. The van der Waals surface area contributed by atoms with E-state index < -0.39 is 10.9 Å². The molecule has 0 bridgehead atoms.